The first-order chi connectivity index (χ1) is 24.3. The Morgan fingerprint density at radius 1 is 0.469 bits per heavy atom. The zero-order valence-electron chi connectivity index (χ0n) is 27.6. The molecule has 0 unspecified atom stereocenters. The summed E-state index contributed by atoms with van der Waals surface area (Å²) in [5.41, 5.74) is 12.8. The predicted octanol–water partition coefficient (Wildman–Crippen LogP) is 12.5. The summed E-state index contributed by atoms with van der Waals surface area (Å²) in [4.78, 5) is 0. The van der Waals surface area contributed by atoms with Gasteiger partial charge in [0, 0.05) is 21.8 Å². The smallest absolute Gasteiger partial charge is 0.0548 e. The molecule has 8 aromatic rings. The summed E-state index contributed by atoms with van der Waals surface area (Å²) in [6.45, 7) is 0. The van der Waals surface area contributed by atoms with Crippen LogP contribution in [0.25, 0.3) is 71.3 Å². The molecule has 0 amide bonds. The Labute approximate surface area is 286 Å². The summed E-state index contributed by atoms with van der Waals surface area (Å²) >= 11 is 0. The Morgan fingerprint density at radius 3 is 1.94 bits per heavy atom. The van der Waals surface area contributed by atoms with Crippen LogP contribution in [-0.2, 0) is 5.41 Å². The first-order valence-electron chi connectivity index (χ1n) is 18.4. The molecule has 1 spiro atoms. The fourth-order valence-corrected chi connectivity index (χ4v) is 12.0. The van der Waals surface area contributed by atoms with E-state index in [0.29, 0.717) is 0 Å². The maximum Gasteiger partial charge on any atom is 0.0548 e. The molecule has 1 nitrogen and oxygen atoms in total. The van der Waals surface area contributed by atoms with E-state index in [1.165, 1.54) is 103 Å². The van der Waals surface area contributed by atoms with E-state index in [9.17, 15) is 0 Å². The maximum atomic E-state index is 2.59. The molecule has 13 rings (SSSR count). The van der Waals surface area contributed by atoms with Gasteiger partial charge in [0.15, 0.2) is 0 Å². The summed E-state index contributed by atoms with van der Waals surface area (Å²) in [5.74, 6) is 3.38. The van der Waals surface area contributed by atoms with Crippen LogP contribution in [0.3, 0.4) is 0 Å². The average molecular weight is 628 g/mol. The van der Waals surface area contributed by atoms with Crippen LogP contribution < -0.4 is 0 Å². The van der Waals surface area contributed by atoms with E-state index in [1.807, 2.05) is 0 Å². The second-order valence-corrected chi connectivity index (χ2v) is 15.7. The molecule has 4 bridgehead atoms. The van der Waals surface area contributed by atoms with E-state index >= 15 is 0 Å². The molecular formula is C48H37N. The lowest BCUT2D eigenvalue weighted by molar-refractivity contribution is -0.0399. The van der Waals surface area contributed by atoms with E-state index in [-0.39, 0.29) is 5.41 Å². The van der Waals surface area contributed by atoms with Gasteiger partial charge in [0.05, 0.1) is 16.7 Å². The van der Waals surface area contributed by atoms with Crippen molar-refractivity contribution in [3.63, 3.8) is 0 Å². The number of para-hydroxylation sites is 1. The summed E-state index contributed by atoms with van der Waals surface area (Å²) in [6, 6.07) is 53.2. The molecule has 4 saturated carbocycles. The van der Waals surface area contributed by atoms with Crippen molar-refractivity contribution >= 4 is 43.4 Å². The number of hydrogen-bond acceptors (Lipinski definition) is 0. The highest BCUT2D eigenvalue weighted by Crippen LogP contribution is 2.70. The third-order valence-electron chi connectivity index (χ3n) is 13.5. The van der Waals surface area contributed by atoms with Gasteiger partial charge in [-0.05, 0) is 129 Å². The molecule has 1 heterocycles. The Hall–Kier alpha value is -5.14. The highest BCUT2D eigenvalue weighted by Gasteiger charge is 2.61. The molecule has 5 aliphatic carbocycles. The van der Waals surface area contributed by atoms with E-state index in [0.717, 1.165) is 23.7 Å². The number of rotatable bonds is 2. The lowest BCUT2D eigenvalue weighted by Crippen LogP contribution is -2.55. The van der Waals surface area contributed by atoms with Crippen LogP contribution in [-0.4, -0.2) is 4.57 Å². The molecule has 5 aliphatic rings. The molecule has 4 fully saturated rings. The van der Waals surface area contributed by atoms with Gasteiger partial charge in [0.25, 0.3) is 0 Å². The standard InChI is InChI=1S/C48H37N/c1-2-11-33-28-34(18-17-31(33)9-1)37-12-6-8-16-42(37)49-43-21-19-32-10-3-4-13-38(32)46(43)47-44(49)22-20-41-45(47)39-14-5-7-15-40(39)48(41)35-24-29-23-30(26-35)27-36(48)25-29/h1-22,28-30,35-36H,23-27H2. The van der Waals surface area contributed by atoms with Gasteiger partial charge in [-0.1, -0.05) is 115 Å². The largest absolute Gasteiger partial charge is 0.309 e. The summed E-state index contributed by atoms with van der Waals surface area (Å²) < 4.78 is 2.59. The third-order valence-corrected chi connectivity index (χ3v) is 13.5. The number of fused-ring (bicyclic) bond motifs is 10. The molecule has 7 aromatic carbocycles. The average Bonchev–Trinajstić information content (AvgIpc) is 3.64. The van der Waals surface area contributed by atoms with Gasteiger partial charge in [0.1, 0.15) is 0 Å². The van der Waals surface area contributed by atoms with Crippen molar-refractivity contribution in [2.24, 2.45) is 23.7 Å². The summed E-state index contributed by atoms with van der Waals surface area (Å²) in [5, 5.41) is 8.05. The zero-order chi connectivity index (χ0) is 31.8. The Morgan fingerprint density at radius 2 is 1.10 bits per heavy atom. The first kappa shape index (κ1) is 26.8. The number of aromatic nitrogens is 1. The van der Waals surface area contributed by atoms with Crippen molar-refractivity contribution in [1.82, 2.24) is 4.57 Å². The Bertz CT molecular complexity index is 2660. The van der Waals surface area contributed by atoms with E-state index < -0.39 is 0 Å². The van der Waals surface area contributed by atoms with E-state index in [2.05, 4.69) is 144 Å². The lowest BCUT2D eigenvalue weighted by atomic mass is 9.43. The molecule has 0 saturated heterocycles. The van der Waals surface area contributed by atoms with Crippen molar-refractivity contribution in [1.29, 1.82) is 0 Å². The van der Waals surface area contributed by atoms with Gasteiger partial charge < -0.3 is 4.57 Å². The summed E-state index contributed by atoms with van der Waals surface area (Å²) in [6.07, 6.45) is 7.10. The maximum absolute atomic E-state index is 2.59. The van der Waals surface area contributed by atoms with Gasteiger partial charge in [-0.25, -0.2) is 0 Å². The molecule has 0 atom stereocenters. The van der Waals surface area contributed by atoms with Crippen LogP contribution in [0.4, 0.5) is 0 Å². The monoisotopic (exact) mass is 627 g/mol. The highest BCUT2D eigenvalue weighted by molar-refractivity contribution is 6.26. The van der Waals surface area contributed by atoms with Gasteiger partial charge in [0.2, 0.25) is 0 Å². The van der Waals surface area contributed by atoms with Gasteiger partial charge in [-0.15, -0.1) is 0 Å². The van der Waals surface area contributed by atoms with Crippen molar-refractivity contribution < 1.29 is 0 Å². The minimum atomic E-state index is 0.148. The molecule has 1 heteroatoms. The molecule has 234 valence electrons. The summed E-state index contributed by atoms with van der Waals surface area (Å²) in [7, 11) is 0. The fourth-order valence-electron chi connectivity index (χ4n) is 12.0. The zero-order valence-corrected chi connectivity index (χ0v) is 27.6. The quantitative estimate of drug-likeness (QED) is 0.180. The lowest BCUT2D eigenvalue weighted by Gasteiger charge is -2.61. The number of hydrogen-bond donors (Lipinski definition) is 0. The second-order valence-electron chi connectivity index (χ2n) is 15.7. The Kier molecular flexibility index (Phi) is 5.20. The van der Waals surface area contributed by atoms with Crippen LogP contribution in [0.1, 0.15) is 43.2 Å². The van der Waals surface area contributed by atoms with Crippen molar-refractivity contribution in [2.75, 3.05) is 0 Å². The van der Waals surface area contributed by atoms with Crippen LogP contribution in [0, 0.1) is 23.7 Å². The fraction of sp³-hybridized carbons (Fsp3) is 0.208. The van der Waals surface area contributed by atoms with Crippen LogP contribution in [0.5, 0.6) is 0 Å². The molecule has 0 aliphatic heterocycles. The minimum Gasteiger partial charge on any atom is -0.309 e. The highest BCUT2D eigenvalue weighted by atomic mass is 15.0. The van der Waals surface area contributed by atoms with E-state index in [1.54, 1.807) is 11.1 Å². The van der Waals surface area contributed by atoms with Gasteiger partial charge in [-0.2, -0.15) is 0 Å². The first-order valence-corrected chi connectivity index (χ1v) is 18.4. The minimum absolute atomic E-state index is 0.148. The Balaban J connectivity index is 1.21. The SMILES string of the molecule is c1ccc(-n2c3ccc4c(c3c3c5ccccc5ccc32)-c2ccccc2C42C3CC4CC(C3)CC2C4)c(-c2ccc3ccccc3c2)c1. The molecule has 1 aromatic heterocycles. The van der Waals surface area contributed by atoms with E-state index in [4.69, 9.17) is 0 Å². The van der Waals surface area contributed by atoms with Crippen molar-refractivity contribution in [2.45, 2.75) is 37.5 Å². The van der Waals surface area contributed by atoms with Gasteiger partial charge >= 0.3 is 0 Å². The van der Waals surface area contributed by atoms with Crippen LogP contribution in [0.2, 0.25) is 0 Å². The molecule has 0 N–H and O–H groups in total. The molecular weight excluding hydrogens is 591 g/mol. The predicted molar refractivity (Wildman–Crippen MR) is 204 cm³/mol. The normalized spacial score (nSPS) is 24.8. The van der Waals surface area contributed by atoms with Crippen LogP contribution in [0.15, 0.2) is 140 Å². The van der Waals surface area contributed by atoms with Crippen molar-refractivity contribution in [3.8, 4) is 27.9 Å². The third kappa shape index (κ3) is 3.36. The topological polar surface area (TPSA) is 4.93 Å². The molecule has 0 radical (unpaired) electrons. The second kappa shape index (κ2) is 9.51. The number of nitrogens with zero attached hydrogens (tertiary/aromatic N) is 1. The van der Waals surface area contributed by atoms with Crippen molar-refractivity contribution in [3.05, 3.63) is 151 Å². The molecule has 49 heavy (non-hydrogen) atoms. The van der Waals surface area contributed by atoms with Gasteiger partial charge in [-0.3, -0.25) is 0 Å². The number of benzene rings is 7. The van der Waals surface area contributed by atoms with Crippen LogP contribution >= 0.6 is 0 Å².